The lowest BCUT2D eigenvalue weighted by Gasteiger charge is -2.26. The van der Waals surface area contributed by atoms with E-state index < -0.39 is 0 Å². The first-order valence-corrected chi connectivity index (χ1v) is 7.41. The molecule has 1 aromatic rings. The van der Waals surface area contributed by atoms with E-state index in [1.807, 2.05) is 0 Å². The van der Waals surface area contributed by atoms with Crippen LogP contribution in [-0.4, -0.2) is 0 Å². The Labute approximate surface area is 112 Å². The van der Waals surface area contributed by atoms with Crippen molar-refractivity contribution in [2.24, 2.45) is 11.7 Å². The second-order valence-corrected chi connectivity index (χ2v) is 6.16. The van der Waals surface area contributed by atoms with E-state index in [1.165, 1.54) is 60.8 Å². The average Bonchev–Trinajstić information content (AvgIpc) is 2.28. The van der Waals surface area contributed by atoms with Gasteiger partial charge in [-0.05, 0) is 49.8 Å². The third kappa shape index (κ3) is 3.14. The molecule has 0 aromatic heterocycles. The Morgan fingerprint density at radius 3 is 2.17 bits per heavy atom. The predicted octanol–water partition coefficient (Wildman–Crippen LogP) is 4.58. The maximum Gasteiger partial charge on any atom is 0.0302 e. The molecule has 1 saturated carbocycles. The Balaban J connectivity index is 2.10. The smallest absolute Gasteiger partial charge is 0.0302 e. The Hall–Kier alpha value is -0.820. The van der Waals surface area contributed by atoms with Gasteiger partial charge in [0.25, 0.3) is 0 Å². The van der Waals surface area contributed by atoms with Gasteiger partial charge in [-0.2, -0.15) is 0 Å². The van der Waals surface area contributed by atoms with Crippen LogP contribution in [0.1, 0.15) is 66.8 Å². The first kappa shape index (κ1) is 13.6. The summed E-state index contributed by atoms with van der Waals surface area (Å²) < 4.78 is 0. The van der Waals surface area contributed by atoms with E-state index in [0.29, 0.717) is 0 Å². The van der Waals surface area contributed by atoms with Crippen LogP contribution in [0.5, 0.6) is 0 Å². The lowest BCUT2D eigenvalue weighted by atomic mass is 9.82. The van der Waals surface area contributed by atoms with Gasteiger partial charge in [0.2, 0.25) is 0 Å². The van der Waals surface area contributed by atoms with Crippen molar-refractivity contribution in [1.29, 1.82) is 0 Å². The van der Waals surface area contributed by atoms with Crippen LogP contribution in [-0.2, 0) is 0 Å². The highest BCUT2D eigenvalue weighted by Gasteiger charge is 2.19. The second kappa shape index (κ2) is 5.88. The Bertz CT molecular complexity index is 379. The van der Waals surface area contributed by atoms with Crippen LogP contribution in [0.15, 0.2) is 12.1 Å². The van der Waals surface area contributed by atoms with Crippen molar-refractivity contribution in [2.75, 3.05) is 0 Å². The first-order chi connectivity index (χ1) is 8.58. The molecule has 0 aliphatic heterocycles. The fraction of sp³-hybridized carbons (Fsp3) is 0.647. The summed E-state index contributed by atoms with van der Waals surface area (Å²) in [6.07, 6.45) is 8.18. The Morgan fingerprint density at radius 1 is 1.06 bits per heavy atom. The average molecular weight is 245 g/mol. The number of rotatable bonds is 3. The summed E-state index contributed by atoms with van der Waals surface area (Å²) in [5.41, 5.74) is 12.0. The van der Waals surface area contributed by atoms with Crippen LogP contribution in [0.4, 0.5) is 0 Å². The quantitative estimate of drug-likeness (QED) is 0.828. The van der Waals surface area contributed by atoms with E-state index in [9.17, 15) is 0 Å². The van der Waals surface area contributed by atoms with Gasteiger partial charge in [0.1, 0.15) is 0 Å². The van der Waals surface area contributed by atoms with Crippen LogP contribution in [0, 0.1) is 26.7 Å². The molecule has 2 N–H and O–H groups in total. The molecule has 0 heterocycles. The van der Waals surface area contributed by atoms with E-state index >= 15 is 0 Å². The van der Waals surface area contributed by atoms with E-state index in [1.54, 1.807) is 0 Å². The van der Waals surface area contributed by atoms with Crippen molar-refractivity contribution < 1.29 is 0 Å². The second-order valence-electron chi connectivity index (χ2n) is 6.16. The molecule has 0 radical (unpaired) electrons. The predicted molar refractivity (Wildman–Crippen MR) is 78.8 cm³/mol. The Kier molecular flexibility index (Phi) is 4.45. The summed E-state index contributed by atoms with van der Waals surface area (Å²) >= 11 is 0. The highest BCUT2D eigenvalue weighted by Crippen LogP contribution is 2.33. The summed E-state index contributed by atoms with van der Waals surface area (Å²) in [4.78, 5) is 0. The third-order valence-corrected chi connectivity index (χ3v) is 4.42. The molecule has 1 nitrogen and oxygen atoms in total. The Morgan fingerprint density at radius 2 is 1.61 bits per heavy atom. The van der Waals surface area contributed by atoms with Crippen LogP contribution < -0.4 is 5.73 Å². The highest BCUT2D eigenvalue weighted by molar-refractivity contribution is 5.39. The molecule has 2 rings (SSSR count). The van der Waals surface area contributed by atoms with Crippen molar-refractivity contribution in [3.63, 3.8) is 0 Å². The number of hydrogen-bond donors (Lipinski definition) is 1. The van der Waals surface area contributed by atoms with Gasteiger partial charge in [0, 0.05) is 6.04 Å². The lowest BCUT2D eigenvalue weighted by molar-refractivity contribution is 0.318. The van der Waals surface area contributed by atoms with E-state index in [4.69, 9.17) is 5.73 Å². The lowest BCUT2D eigenvalue weighted by Crippen LogP contribution is -2.19. The first-order valence-electron chi connectivity index (χ1n) is 7.41. The zero-order valence-electron chi connectivity index (χ0n) is 12.1. The molecule has 1 atom stereocenters. The van der Waals surface area contributed by atoms with Gasteiger partial charge >= 0.3 is 0 Å². The standard InChI is InChI=1S/C17H27N/c1-12-9-13(2)17(14(3)10-12)16(18)11-15-7-5-4-6-8-15/h9-10,15-16H,4-8,11,18H2,1-3H3. The highest BCUT2D eigenvalue weighted by atomic mass is 14.6. The summed E-state index contributed by atoms with van der Waals surface area (Å²) in [7, 11) is 0. The van der Waals surface area contributed by atoms with Crippen LogP contribution in [0.3, 0.4) is 0 Å². The SMILES string of the molecule is Cc1cc(C)c(C(N)CC2CCCCC2)c(C)c1. The molecular formula is C17H27N. The molecule has 100 valence electrons. The van der Waals surface area contributed by atoms with Gasteiger partial charge in [-0.25, -0.2) is 0 Å². The zero-order chi connectivity index (χ0) is 13.1. The van der Waals surface area contributed by atoms with Crippen molar-refractivity contribution >= 4 is 0 Å². The van der Waals surface area contributed by atoms with Crippen molar-refractivity contribution in [3.8, 4) is 0 Å². The molecule has 18 heavy (non-hydrogen) atoms. The fourth-order valence-electron chi connectivity index (χ4n) is 3.68. The summed E-state index contributed by atoms with van der Waals surface area (Å²) in [6, 6.07) is 4.76. The molecular weight excluding hydrogens is 218 g/mol. The van der Waals surface area contributed by atoms with Crippen LogP contribution >= 0.6 is 0 Å². The zero-order valence-corrected chi connectivity index (χ0v) is 12.1. The largest absolute Gasteiger partial charge is 0.324 e. The van der Waals surface area contributed by atoms with Gasteiger partial charge in [0.05, 0.1) is 0 Å². The normalized spacial score (nSPS) is 18.9. The van der Waals surface area contributed by atoms with E-state index in [0.717, 1.165) is 5.92 Å². The van der Waals surface area contributed by atoms with Crippen molar-refractivity contribution in [2.45, 2.75) is 65.3 Å². The number of aryl methyl sites for hydroxylation is 3. The maximum absolute atomic E-state index is 6.48. The molecule has 1 aromatic carbocycles. The molecule has 0 bridgehead atoms. The van der Waals surface area contributed by atoms with Gasteiger partial charge in [-0.3, -0.25) is 0 Å². The van der Waals surface area contributed by atoms with E-state index in [2.05, 4.69) is 32.9 Å². The minimum atomic E-state index is 0.230. The molecule has 1 unspecified atom stereocenters. The molecule has 0 spiro atoms. The topological polar surface area (TPSA) is 26.0 Å². The minimum Gasteiger partial charge on any atom is -0.324 e. The van der Waals surface area contributed by atoms with Gasteiger partial charge < -0.3 is 5.73 Å². The monoisotopic (exact) mass is 245 g/mol. The molecule has 0 amide bonds. The summed E-state index contributed by atoms with van der Waals surface area (Å²) in [5, 5.41) is 0. The molecule has 1 fully saturated rings. The molecule has 0 saturated heterocycles. The van der Waals surface area contributed by atoms with Crippen LogP contribution in [0.25, 0.3) is 0 Å². The summed E-state index contributed by atoms with van der Waals surface area (Å²) in [6.45, 7) is 6.57. The van der Waals surface area contributed by atoms with Crippen molar-refractivity contribution in [3.05, 3.63) is 34.4 Å². The molecule has 1 aliphatic carbocycles. The number of benzene rings is 1. The van der Waals surface area contributed by atoms with Crippen molar-refractivity contribution in [1.82, 2.24) is 0 Å². The molecule has 1 heteroatoms. The van der Waals surface area contributed by atoms with Gasteiger partial charge in [0.15, 0.2) is 0 Å². The maximum atomic E-state index is 6.48. The third-order valence-electron chi connectivity index (χ3n) is 4.42. The number of hydrogen-bond acceptors (Lipinski definition) is 1. The van der Waals surface area contributed by atoms with Gasteiger partial charge in [-0.15, -0.1) is 0 Å². The number of nitrogens with two attached hydrogens (primary N) is 1. The van der Waals surface area contributed by atoms with E-state index in [-0.39, 0.29) is 6.04 Å². The minimum absolute atomic E-state index is 0.230. The van der Waals surface area contributed by atoms with Crippen LogP contribution in [0.2, 0.25) is 0 Å². The fourth-order valence-corrected chi connectivity index (χ4v) is 3.68. The summed E-state index contributed by atoms with van der Waals surface area (Å²) in [5.74, 6) is 0.855. The molecule has 1 aliphatic rings. The van der Waals surface area contributed by atoms with Gasteiger partial charge in [-0.1, -0.05) is 49.8 Å².